The highest BCUT2D eigenvalue weighted by Gasteiger charge is 2.31. The van der Waals surface area contributed by atoms with Gasteiger partial charge in [-0.25, -0.2) is 0 Å². The SMILES string of the molecule is CCNC(=O)C(C)(C)PC(C)NC(=O)C(C)CC(C)(C)OCC(C)CC. The lowest BCUT2D eigenvalue weighted by atomic mass is 9.93. The van der Waals surface area contributed by atoms with Gasteiger partial charge in [0, 0.05) is 24.9 Å². The van der Waals surface area contributed by atoms with Crippen LogP contribution in [0.5, 0.6) is 0 Å². The second kappa shape index (κ2) is 11.2. The second-order valence-electron chi connectivity index (χ2n) is 8.55. The second-order valence-corrected chi connectivity index (χ2v) is 11.0. The first-order valence-electron chi connectivity index (χ1n) is 9.85. The Balaban J connectivity index is 4.54. The van der Waals surface area contributed by atoms with Crippen LogP contribution in [0.4, 0.5) is 0 Å². The maximum absolute atomic E-state index is 12.5. The fraction of sp³-hybridized carbons (Fsp3) is 0.900. The molecule has 2 amide bonds. The van der Waals surface area contributed by atoms with Gasteiger partial charge in [0.1, 0.15) is 0 Å². The highest BCUT2D eigenvalue weighted by molar-refractivity contribution is 7.42. The maximum Gasteiger partial charge on any atom is 0.229 e. The fourth-order valence-electron chi connectivity index (χ4n) is 2.75. The smallest absolute Gasteiger partial charge is 0.229 e. The largest absolute Gasteiger partial charge is 0.375 e. The number of ether oxygens (including phenoxy) is 1. The lowest BCUT2D eigenvalue weighted by molar-refractivity contribution is -0.128. The van der Waals surface area contributed by atoms with Crippen molar-refractivity contribution in [3.63, 3.8) is 0 Å². The van der Waals surface area contributed by atoms with E-state index in [4.69, 9.17) is 4.74 Å². The molecule has 6 heteroatoms. The van der Waals surface area contributed by atoms with E-state index in [-0.39, 0.29) is 29.1 Å². The third-order valence-electron chi connectivity index (χ3n) is 4.54. The van der Waals surface area contributed by atoms with Crippen LogP contribution in [0.2, 0.25) is 0 Å². The van der Waals surface area contributed by atoms with Crippen LogP contribution in [-0.4, -0.2) is 41.5 Å². The number of rotatable bonds is 12. The van der Waals surface area contributed by atoms with Crippen LogP contribution < -0.4 is 10.6 Å². The van der Waals surface area contributed by atoms with Gasteiger partial charge in [-0.15, -0.1) is 0 Å². The van der Waals surface area contributed by atoms with E-state index in [0.29, 0.717) is 27.5 Å². The van der Waals surface area contributed by atoms with Gasteiger partial charge in [0.25, 0.3) is 0 Å². The molecular formula is C20H41N2O3P. The van der Waals surface area contributed by atoms with Crippen molar-refractivity contribution in [1.82, 2.24) is 10.6 Å². The van der Waals surface area contributed by atoms with Crippen molar-refractivity contribution < 1.29 is 14.3 Å². The van der Waals surface area contributed by atoms with Crippen LogP contribution in [0.1, 0.15) is 75.2 Å². The monoisotopic (exact) mass is 388 g/mol. The summed E-state index contributed by atoms with van der Waals surface area (Å²) in [5.41, 5.74) is -0.327. The van der Waals surface area contributed by atoms with Gasteiger partial charge in [-0.1, -0.05) is 35.8 Å². The van der Waals surface area contributed by atoms with Crippen molar-refractivity contribution in [2.24, 2.45) is 11.8 Å². The van der Waals surface area contributed by atoms with E-state index in [9.17, 15) is 9.59 Å². The first-order valence-corrected chi connectivity index (χ1v) is 10.9. The van der Waals surface area contributed by atoms with E-state index in [2.05, 4.69) is 24.5 Å². The van der Waals surface area contributed by atoms with E-state index in [0.717, 1.165) is 13.0 Å². The molecule has 0 bridgehead atoms. The molecule has 0 aromatic heterocycles. The first-order chi connectivity index (χ1) is 11.8. The van der Waals surface area contributed by atoms with Crippen LogP contribution in [0, 0.1) is 11.8 Å². The summed E-state index contributed by atoms with van der Waals surface area (Å²) in [7, 11) is 0.318. The van der Waals surface area contributed by atoms with Gasteiger partial charge < -0.3 is 15.4 Å². The molecular weight excluding hydrogens is 347 g/mol. The molecule has 2 N–H and O–H groups in total. The Kier molecular flexibility index (Phi) is 10.9. The lowest BCUT2D eigenvalue weighted by Crippen LogP contribution is -2.43. The van der Waals surface area contributed by atoms with E-state index in [1.165, 1.54) is 0 Å². The van der Waals surface area contributed by atoms with Crippen molar-refractivity contribution >= 4 is 20.4 Å². The zero-order valence-electron chi connectivity index (χ0n) is 18.3. The summed E-state index contributed by atoms with van der Waals surface area (Å²) in [4.78, 5) is 24.7. The van der Waals surface area contributed by atoms with Crippen LogP contribution in [0.3, 0.4) is 0 Å². The molecule has 0 aromatic carbocycles. The summed E-state index contributed by atoms with van der Waals surface area (Å²) in [6.45, 7) is 19.4. The van der Waals surface area contributed by atoms with Gasteiger partial charge in [0.05, 0.1) is 10.8 Å². The Bertz CT molecular complexity index is 452. The quantitative estimate of drug-likeness (QED) is 0.498. The summed E-state index contributed by atoms with van der Waals surface area (Å²) in [6.07, 6.45) is 1.76. The molecule has 0 radical (unpaired) electrons. The van der Waals surface area contributed by atoms with Crippen molar-refractivity contribution in [3.8, 4) is 0 Å². The molecule has 154 valence electrons. The summed E-state index contributed by atoms with van der Waals surface area (Å²) >= 11 is 0. The first kappa shape index (κ1) is 25.3. The summed E-state index contributed by atoms with van der Waals surface area (Å²) in [5, 5.41) is 5.45. The minimum Gasteiger partial charge on any atom is -0.375 e. The van der Waals surface area contributed by atoms with Gasteiger partial charge in [0.2, 0.25) is 11.8 Å². The van der Waals surface area contributed by atoms with Crippen molar-refractivity contribution in [1.29, 1.82) is 0 Å². The average molecular weight is 389 g/mol. The molecule has 0 rings (SSSR count). The molecule has 0 aliphatic heterocycles. The van der Waals surface area contributed by atoms with Gasteiger partial charge in [0.15, 0.2) is 0 Å². The molecule has 0 heterocycles. The normalized spacial score (nSPS) is 16.3. The van der Waals surface area contributed by atoms with Crippen LogP contribution in [-0.2, 0) is 14.3 Å². The molecule has 0 saturated heterocycles. The van der Waals surface area contributed by atoms with Gasteiger partial charge >= 0.3 is 0 Å². The molecule has 4 unspecified atom stereocenters. The standard InChI is InChI=1S/C20H41N2O3P/c1-10-14(3)13-25-19(6,7)12-15(4)17(23)22-16(5)26-20(8,9)18(24)21-11-2/h14-16,26H,10-13H2,1-9H3,(H,21,24)(H,22,23). The van der Waals surface area contributed by atoms with E-state index < -0.39 is 5.16 Å². The molecule has 0 fully saturated rings. The number of carbonyl (C=O) groups excluding carboxylic acids is 2. The van der Waals surface area contributed by atoms with E-state index in [1.807, 2.05) is 48.5 Å². The Hall–Kier alpha value is -0.670. The molecule has 0 aliphatic rings. The van der Waals surface area contributed by atoms with Gasteiger partial charge in [-0.2, -0.15) is 0 Å². The van der Waals surface area contributed by atoms with Crippen LogP contribution in [0.15, 0.2) is 0 Å². The molecule has 5 nitrogen and oxygen atoms in total. The number of hydrogen-bond donors (Lipinski definition) is 2. The Morgan fingerprint density at radius 3 is 2.15 bits per heavy atom. The molecule has 0 saturated carbocycles. The predicted octanol–water partition coefficient (Wildman–Crippen LogP) is 3.91. The zero-order valence-corrected chi connectivity index (χ0v) is 19.3. The number of nitrogens with one attached hydrogen (secondary N) is 2. The highest BCUT2D eigenvalue weighted by Crippen LogP contribution is 2.35. The van der Waals surface area contributed by atoms with Gasteiger partial charge in [-0.05, 0) is 53.9 Å². The maximum atomic E-state index is 12.5. The highest BCUT2D eigenvalue weighted by atomic mass is 31.1. The van der Waals surface area contributed by atoms with Crippen molar-refractivity contribution in [2.75, 3.05) is 13.2 Å². The molecule has 0 aromatic rings. The summed E-state index contributed by atoms with van der Waals surface area (Å²) < 4.78 is 6.02. The minimum absolute atomic E-state index is 0.0249. The van der Waals surface area contributed by atoms with Crippen LogP contribution in [0.25, 0.3) is 0 Å². The third kappa shape index (κ3) is 9.87. The summed E-state index contributed by atoms with van der Waals surface area (Å²) in [6, 6.07) is 0. The van der Waals surface area contributed by atoms with Crippen LogP contribution >= 0.6 is 8.58 Å². The number of hydrogen-bond acceptors (Lipinski definition) is 3. The molecule has 0 spiro atoms. The molecule has 26 heavy (non-hydrogen) atoms. The third-order valence-corrected chi connectivity index (χ3v) is 6.07. The van der Waals surface area contributed by atoms with Crippen molar-refractivity contribution in [3.05, 3.63) is 0 Å². The van der Waals surface area contributed by atoms with Crippen molar-refractivity contribution in [2.45, 2.75) is 91.7 Å². The molecule has 4 atom stereocenters. The number of amides is 2. The topological polar surface area (TPSA) is 67.4 Å². The Morgan fingerprint density at radius 2 is 1.65 bits per heavy atom. The van der Waals surface area contributed by atoms with E-state index >= 15 is 0 Å². The van der Waals surface area contributed by atoms with E-state index in [1.54, 1.807) is 0 Å². The van der Waals surface area contributed by atoms with Gasteiger partial charge in [-0.3, -0.25) is 9.59 Å². The average Bonchev–Trinajstić information content (AvgIpc) is 2.51. The Labute approximate surface area is 162 Å². The predicted molar refractivity (Wildman–Crippen MR) is 112 cm³/mol. The molecule has 0 aliphatic carbocycles. The lowest BCUT2D eigenvalue weighted by Gasteiger charge is -2.31. The zero-order chi connectivity index (χ0) is 20.5. The Morgan fingerprint density at radius 1 is 1.08 bits per heavy atom. The minimum atomic E-state index is -0.482. The summed E-state index contributed by atoms with van der Waals surface area (Å²) in [5.74, 6) is 0.411. The fourth-order valence-corrected chi connectivity index (χ4v) is 4.27. The number of carbonyl (C=O) groups is 2.